The number of Topliss-reactive ketones (excluding diaryl/α,β-unsaturated/α-hetero) is 1. The molecule has 2 aromatic carbocycles. The maximum absolute atomic E-state index is 12.2. The number of nitrogens with zero attached hydrogens (tertiary/aromatic N) is 2. The summed E-state index contributed by atoms with van der Waals surface area (Å²) in [5.74, 6) is 0.0415. The lowest BCUT2D eigenvalue weighted by Crippen LogP contribution is -3.00. The number of ketones is 1. The molecule has 1 heterocycles. The van der Waals surface area contributed by atoms with Crippen molar-refractivity contribution in [2.24, 2.45) is 0 Å². The second-order valence-corrected chi connectivity index (χ2v) is 6.41. The van der Waals surface area contributed by atoms with Gasteiger partial charge in [0.2, 0.25) is 5.78 Å². The zero-order valence-electron chi connectivity index (χ0n) is 12.5. The molecule has 0 unspecified atom stereocenters. The first kappa shape index (κ1) is 18.8. The van der Waals surface area contributed by atoms with E-state index in [0.717, 1.165) is 15.7 Å². The molecule has 0 aliphatic heterocycles. The van der Waals surface area contributed by atoms with Crippen molar-refractivity contribution in [3.63, 3.8) is 0 Å². The largest absolute Gasteiger partial charge is 1.00 e. The molecule has 0 bridgehead atoms. The van der Waals surface area contributed by atoms with Crippen molar-refractivity contribution >= 4 is 33.3 Å². The molecule has 0 radical (unpaired) electrons. The van der Waals surface area contributed by atoms with Crippen molar-refractivity contribution in [2.45, 2.75) is 6.54 Å². The van der Waals surface area contributed by atoms with Crippen molar-refractivity contribution in [1.29, 1.82) is 0 Å². The second kappa shape index (κ2) is 8.51. The number of aromatic nitrogens is 2. The molecule has 3 aromatic rings. The molecule has 0 saturated carbocycles. The lowest BCUT2D eigenvalue weighted by Gasteiger charge is -2.01. The predicted molar refractivity (Wildman–Crippen MR) is 93.4 cm³/mol. The average Bonchev–Trinajstić information content (AvgIpc) is 2.56. The Morgan fingerprint density at radius 1 is 1.12 bits per heavy atom. The first-order valence-electron chi connectivity index (χ1n) is 7.01. The molecule has 0 atom stereocenters. The van der Waals surface area contributed by atoms with E-state index in [-0.39, 0.29) is 29.3 Å². The fourth-order valence-electron chi connectivity index (χ4n) is 2.19. The lowest BCUT2D eigenvalue weighted by molar-refractivity contribution is -0.686. The van der Waals surface area contributed by atoms with Gasteiger partial charge in [0.15, 0.2) is 12.2 Å². The van der Waals surface area contributed by atoms with Gasteiger partial charge in [-0.15, -0.1) is 0 Å². The van der Waals surface area contributed by atoms with Gasteiger partial charge in [-0.05, 0) is 29.2 Å². The van der Waals surface area contributed by atoms with Gasteiger partial charge in [0.05, 0.1) is 6.20 Å². The van der Waals surface area contributed by atoms with Gasteiger partial charge in [0.25, 0.3) is 6.33 Å². The van der Waals surface area contributed by atoms with Gasteiger partial charge in [0.1, 0.15) is 0 Å². The molecular weight excluding hydrogens is 455 g/mol. The molecule has 24 heavy (non-hydrogen) atoms. The van der Waals surface area contributed by atoms with Crippen LogP contribution in [0, 0.1) is 0 Å². The van der Waals surface area contributed by atoms with E-state index < -0.39 is 0 Å². The number of hydrogen-bond donors (Lipinski definition) is 0. The van der Waals surface area contributed by atoms with E-state index in [1.54, 1.807) is 23.0 Å². The Kier molecular flexibility index (Phi) is 6.66. The Labute approximate surface area is 164 Å². The van der Waals surface area contributed by atoms with Crippen molar-refractivity contribution in [1.82, 2.24) is 4.98 Å². The highest BCUT2D eigenvalue weighted by Crippen LogP contribution is 2.19. The first-order chi connectivity index (χ1) is 11.1. The topological polar surface area (TPSA) is 33.8 Å². The molecule has 0 aliphatic rings. The predicted octanol–water partition coefficient (Wildman–Crippen LogP) is 1.34. The fraction of sp³-hybridized carbons (Fsp3) is 0.0556. The molecule has 0 amide bonds. The molecule has 0 N–H and O–H groups in total. The summed E-state index contributed by atoms with van der Waals surface area (Å²) in [6, 6.07) is 16.7. The summed E-state index contributed by atoms with van der Waals surface area (Å²) in [6.45, 7) is 0.254. The summed E-state index contributed by atoms with van der Waals surface area (Å²) in [5.41, 5.74) is 2.45. The van der Waals surface area contributed by atoms with E-state index >= 15 is 0 Å². The molecule has 3 nitrogen and oxygen atoms in total. The molecule has 3 rings (SSSR count). The van der Waals surface area contributed by atoms with Crippen LogP contribution < -0.4 is 21.5 Å². The highest BCUT2D eigenvalue weighted by Gasteiger charge is 2.12. The van der Waals surface area contributed by atoms with Crippen LogP contribution >= 0.6 is 27.5 Å². The summed E-state index contributed by atoms with van der Waals surface area (Å²) >= 11 is 9.35. The Bertz CT molecular complexity index is 836. The average molecular weight is 469 g/mol. The third kappa shape index (κ3) is 4.72. The number of rotatable bonds is 4. The molecule has 0 aliphatic carbocycles. The molecule has 6 heteroatoms. The summed E-state index contributed by atoms with van der Waals surface area (Å²) in [7, 11) is 0. The molecule has 1 aromatic heterocycles. The van der Waals surface area contributed by atoms with Crippen molar-refractivity contribution < 1.29 is 26.3 Å². The van der Waals surface area contributed by atoms with Gasteiger partial charge in [-0.25, -0.2) is 4.57 Å². The van der Waals surface area contributed by atoms with Crippen LogP contribution in [-0.4, -0.2) is 10.8 Å². The molecule has 122 valence electrons. The number of halogens is 3. The number of carbonyl (C=O) groups is 1. The first-order valence-corrected chi connectivity index (χ1v) is 8.19. The SMILES string of the molecule is O=C(C[n+]1ccc(-c2cccc(Cl)c2)nc1)c1ccc(Br)cc1.[Br-]. The minimum Gasteiger partial charge on any atom is -1.00 e. The number of benzene rings is 2. The van der Waals surface area contributed by atoms with Gasteiger partial charge in [-0.3, -0.25) is 4.79 Å². The maximum atomic E-state index is 12.2. The van der Waals surface area contributed by atoms with Gasteiger partial charge in [-0.1, -0.05) is 51.8 Å². The van der Waals surface area contributed by atoms with Crippen molar-refractivity contribution in [2.75, 3.05) is 0 Å². The van der Waals surface area contributed by atoms with Gasteiger partial charge < -0.3 is 17.0 Å². The van der Waals surface area contributed by atoms with E-state index in [2.05, 4.69) is 20.9 Å². The second-order valence-electron chi connectivity index (χ2n) is 5.06. The third-order valence-corrected chi connectivity index (χ3v) is 4.15. The number of hydrogen-bond acceptors (Lipinski definition) is 2. The van der Waals surface area contributed by atoms with Crippen LogP contribution in [0.1, 0.15) is 10.4 Å². The number of carbonyl (C=O) groups excluding carboxylic acids is 1. The molecular formula is C18H13Br2ClN2O. The minimum absolute atomic E-state index is 0. The Morgan fingerprint density at radius 3 is 2.50 bits per heavy atom. The van der Waals surface area contributed by atoms with E-state index in [1.807, 2.05) is 48.7 Å². The third-order valence-electron chi connectivity index (χ3n) is 3.38. The zero-order chi connectivity index (χ0) is 16.2. The molecule has 0 spiro atoms. The van der Waals surface area contributed by atoms with E-state index in [1.165, 1.54) is 0 Å². The van der Waals surface area contributed by atoms with Crippen LogP contribution in [-0.2, 0) is 6.54 Å². The van der Waals surface area contributed by atoms with E-state index in [9.17, 15) is 4.79 Å². The van der Waals surface area contributed by atoms with Crippen LogP contribution in [0.5, 0.6) is 0 Å². The normalized spacial score (nSPS) is 10.1. The van der Waals surface area contributed by atoms with Crippen LogP contribution in [0.4, 0.5) is 0 Å². The zero-order valence-corrected chi connectivity index (χ0v) is 16.4. The maximum Gasteiger partial charge on any atom is 0.287 e. The van der Waals surface area contributed by atoms with Crippen molar-refractivity contribution in [3.8, 4) is 11.3 Å². The quantitative estimate of drug-likeness (QED) is 0.428. The van der Waals surface area contributed by atoms with Gasteiger partial charge >= 0.3 is 0 Å². The standard InChI is InChI=1S/C18H13BrClN2O.BrH/c19-15-6-4-13(5-7-15)18(23)11-22-9-8-17(21-12-22)14-2-1-3-16(20)10-14;/h1-10,12H,11H2;1H/q+1;/p-1. The van der Waals surface area contributed by atoms with E-state index in [4.69, 9.17) is 11.6 Å². The Morgan fingerprint density at radius 2 is 1.88 bits per heavy atom. The van der Waals surface area contributed by atoms with Crippen LogP contribution in [0.3, 0.4) is 0 Å². The molecule has 0 fully saturated rings. The highest BCUT2D eigenvalue weighted by atomic mass is 79.9. The van der Waals surface area contributed by atoms with Gasteiger partial charge in [-0.2, -0.15) is 0 Å². The summed E-state index contributed by atoms with van der Waals surface area (Å²) in [4.78, 5) is 16.6. The Balaban J connectivity index is 0.00000208. The summed E-state index contributed by atoms with van der Waals surface area (Å²) in [6.07, 6.45) is 3.51. The van der Waals surface area contributed by atoms with Crippen LogP contribution in [0.15, 0.2) is 71.6 Å². The van der Waals surface area contributed by atoms with Crippen LogP contribution in [0.2, 0.25) is 5.02 Å². The monoisotopic (exact) mass is 466 g/mol. The van der Waals surface area contributed by atoms with Crippen LogP contribution in [0.25, 0.3) is 11.3 Å². The summed E-state index contributed by atoms with van der Waals surface area (Å²) in [5, 5.41) is 0.673. The minimum atomic E-state index is 0. The Hall–Kier alpha value is -1.56. The molecule has 0 saturated heterocycles. The smallest absolute Gasteiger partial charge is 0.287 e. The van der Waals surface area contributed by atoms with E-state index in [0.29, 0.717) is 10.6 Å². The van der Waals surface area contributed by atoms with Crippen molar-refractivity contribution in [3.05, 3.63) is 82.2 Å². The highest BCUT2D eigenvalue weighted by molar-refractivity contribution is 9.10. The fourth-order valence-corrected chi connectivity index (χ4v) is 2.64. The lowest BCUT2D eigenvalue weighted by atomic mass is 10.1. The summed E-state index contributed by atoms with van der Waals surface area (Å²) < 4.78 is 2.72. The van der Waals surface area contributed by atoms with Gasteiger partial charge in [0, 0.05) is 26.7 Å².